The number of urea groups is 1. The van der Waals surface area contributed by atoms with Crippen LogP contribution in [0.25, 0.3) is 5.82 Å². The van der Waals surface area contributed by atoms with E-state index in [1.165, 1.54) is 0 Å². The number of aromatic nitrogens is 3. The first kappa shape index (κ1) is 18.9. The van der Waals surface area contributed by atoms with Gasteiger partial charge in [-0.15, -0.1) is 0 Å². The number of carbonyl (C=O) groups excluding carboxylic acids is 1. The molecule has 0 radical (unpaired) electrons. The Balaban J connectivity index is 1.86. The predicted octanol–water partition coefficient (Wildman–Crippen LogP) is 2.89. The number of hydrogen-bond acceptors (Lipinski definition) is 4. The molecule has 27 heavy (non-hydrogen) atoms. The van der Waals surface area contributed by atoms with Crippen molar-refractivity contribution in [2.24, 2.45) is 5.92 Å². The van der Waals surface area contributed by atoms with Gasteiger partial charge in [0.2, 0.25) is 0 Å². The third-order valence-electron chi connectivity index (χ3n) is 4.64. The summed E-state index contributed by atoms with van der Waals surface area (Å²) in [5.74, 6) is -0.261. The number of anilines is 1. The van der Waals surface area contributed by atoms with Gasteiger partial charge >= 0.3 is 12.0 Å². The van der Waals surface area contributed by atoms with Crippen LogP contribution in [0.4, 0.5) is 10.6 Å². The zero-order chi connectivity index (χ0) is 19.6. The lowest BCUT2D eigenvalue weighted by Gasteiger charge is -2.30. The van der Waals surface area contributed by atoms with Crippen molar-refractivity contribution in [3.05, 3.63) is 36.2 Å². The van der Waals surface area contributed by atoms with Crippen LogP contribution in [0.2, 0.25) is 0 Å². The van der Waals surface area contributed by atoms with Gasteiger partial charge in [0.25, 0.3) is 0 Å². The molecule has 1 aliphatic rings. The van der Waals surface area contributed by atoms with Crippen LogP contribution >= 0.6 is 0 Å². The summed E-state index contributed by atoms with van der Waals surface area (Å²) < 4.78 is 1.61. The fourth-order valence-electron chi connectivity index (χ4n) is 3.04. The first-order valence-electron chi connectivity index (χ1n) is 9.06. The number of pyridine rings is 1. The molecule has 2 amide bonds. The van der Waals surface area contributed by atoms with Crippen molar-refractivity contribution < 1.29 is 14.7 Å². The van der Waals surface area contributed by atoms with Crippen molar-refractivity contribution in [1.82, 2.24) is 19.7 Å². The molecule has 3 rings (SSSR count). The molecular weight excluding hydrogens is 346 g/mol. The molecule has 1 saturated heterocycles. The van der Waals surface area contributed by atoms with E-state index in [-0.39, 0.29) is 18.0 Å². The van der Waals surface area contributed by atoms with Crippen LogP contribution in [0.3, 0.4) is 0 Å². The van der Waals surface area contributed by atoms with E-state index < -0.39 is 11.9 Å². The van der Waals surface area contributed by atoms with Crippen LogP contribution in [-0.4, -0.2) is 49.9 Å². The highest BCUT2D eigenvalue weighted by Crippen LogP contribution is 2.26. The van der Waals surface area contributed by atoms with Gasteiger partial charge in [-0.05, 0) is 25.0 Å². The lowest BCUT2D eigenvalue weighted by Crippen LogP contribution is -2.44. The summed E-state index contributed by atoms with van der Waals surface area (Å²) in [6.07, 6.45) is 2.94. The minimum atomic E-state index is -0.860. The van der Waals surface area contributed by atoms with E-state index in [1.807, 2.05) is 45.0 Å². The number of carboxylic acid groups (broad SMARTS) is 1. The topological polar surface area (TPSA) is 100 Å². The zero-order valence-corrected chi connectivity index (χ0v) is 15.8. The Morgan fingerprint density at radius 2 is 2.07 bits per heavy atom. The SMILES string of the molecule is CC(C)(C)c1cc(NC(=O)N2CCCC(C(=O)O)C2)n(-c2ccccn2)n1. The van der Waals surface area contributed by atoms with Crippen molar-refractivity contribution in [3.63, 3.8) is 0 Å². The Morgan fingerprint density at radius 1 is 1.30 bits per heavy atom. The molecule has 1 atom stereocenters. The Kier molecular flexibility index (Phi) is 5.16. The second-order valence-electron chi connectivity index (χ2n) is 7.82. The summed E-state index contributed by atoms with van der Waals surface area (Å²) in [4.78, 5) is 29.9. The van der Waals surface area contributed by atoms with Gasteiger partial charge in [-0.1, -0.05) is 26.8 Å². The molecule has 1 aliphatic heterocycles. The molecule has 144 valence electrons. The van der Waals surface area contributed by atoms with Crippen LogP contribution in [0.1, 0.15) is 39.3 Å². The highest BCUT2D eigenvalue weighted by molar-refractivity contribution is 5.89. The van der Waals surface area contributed by atoms with Gasteiger partial charge in [0.05, 0.1) is 11.6 Å². The Hall–Kier alpha value is -2.90. The van der Waals surface area contributed by atoms with Crippen LogP contribution in [0, 0.1) is 5.92 Å². The molecule has 2 N–H and O–H groups in total. The first-order valence-corrected chi connectivity index (χ1v) is 9.06. The number of nitrogens with zero attached hydrogens (tertiary/aromatic N) is 4. The number of rotatable bonds is 3. The number of aliphatic carboxylic acids is 1. The fourth-order valence-corrected chi connectivity index (χ4v) is 3.04. The van der Waals surface area contributed by atoms with Gasteiger partial charge in [0.1, 0.15) is 5.82 Å². The van der Waals surface area contributed by atoms with Gasteiger partial charge in [-0.25, -0.2) is 9.78 Å². The maximum absolute atomic E-state index is 12.7. The largest absolute Gasteiger partial charge is 0.481 e. The summed E-state index contributed by atoms with van der Waals surface area (Å²) in [5.41, 5.74) is 0.629. The summed E-state index contributed by atoms with van der Waals surface area (Å²) >= 11 is 0. The lowest BCUT2D eigenvalue weighted by molar-refractivity contribution is -0.143. The number of amides is 2. The van der Waals surface area contributed by atoms with E-state index in [1.54, 1.807) is 15.8 Å². The molecule has 1 fully saturated rings. The van der Waals surface area contributed by atoms with E-state index >= 15 is 0 Å². The monoisotopic (exact) mass is 371 g/mol. The Labute approximate surface area is 158 Å². The van der Waals surface area contributed by atoms with Crippen molar-refractivity contribution >= 4 is 17.8 Å². The molecule has 3 heterocycles. The maximum Gasteiger partial charge on any atom is 0.323 e. The van der Waals surface area contributed by atoms with Crippen LogP contribution in [-0.2, 0) is 10.2 Å². The number of nitrogens with one attached hydrogen (secondary N) is 1. The van der Waals surface area contributed by atoms with E-state index in [0.717, 1.165) is 5.69 Å². The fraction of sp³-hybridized carbons (Fsp3) is 0.474. The quantitative estimate of drug-likeness (QED) is 0.864. The molecule has 8 heteroatoms. The molecule has 1 unspecified atom stereocenters. The van der Waals surface area contributed by atoms with Crippen molar-refractivity contribution in [2.75, 3.05) is 18.4 Å². The predicted molar refractivity (Wildman–Crippen MR) is 101 cm³/mol. The second kappa shape index (κ2) is 7.38. The summed E-state index contributed by atoms with van der Waals surface area (Å²) in [6.45, 7) is 6.90. The highest BCUT2D eigenvalue weighted by atomic mass is 16.4. The van der Waals surface area contributed by atoms with Crippen LogP contribution in [0.5, 0.6) is 0 Å². The number of carboxylic acids is 1. The average Bonchev–Trinajstić information content (AvgIpc) is 3.06. The smallest absolute Gasteiger partial charge is 0.323 e. The van der Waals surface area contributed by atoms with Crippen LogP contribution < -0.4 is 5.32 Å². The minimum absolute atomic E-state index is 0.195. The number of hydrogen-bond donors (Lipinski definition) is 2. The van der Waals surface area contributed by atoms with Gasteiger partial charge < -0.3 is 10.0 Å². The average molecular weight is 371 g/mol. The maximum atomic E-state index is 12.7. The third kappa shape index (κ3) is 4.27. The van der Waals surface area contributed by atoms with Gasteiger partial charge in [-0.3, -0.25) is 10.1 Å². The normalized spacial score (nSPS) is 17.6. The standard InChI is InChI=1S/C19H25N5O3/c1-19(2,3)14-11-16(24(22-14)15-8-4-5-9-20-15)21-18(27)23-10-6-7-13(12-23)17(25)26/h4-5,8-9,11,13H,6-7,10,12H2,1-3H3,(H,21,27)(H,25,26). The molecule has 0 aliphatic carbocycles. The summed E-state index contributed by atoms with van der Waals surface area (Å²) in [5, 5.41) is 16.7. The number of piperidine rings is 1. The highest BCUT2D eigenvalue weighted by Gasteiger charge is 2.29. The minimum Gasteiger partial charge on any atom is -0.481 e. The van der Waals surface area contributed by atoms with Crippen molar-refractivity contribution in [1.29, 1.82) is 0 Å². The molecule has 0 aromatic carbocycles. The second-order valence-corrected chi connectivity index (χ2v) is 7.82. The van der Waals surface area contributed by atoms with E-state index in [4.69, 9.17) is 0 Å². The van der Waals surface area contributed by atoms with Crippen molar-refractivity contribution in [2.45, 2.75) is 39.0 Å². The van der Waals surface area contributed by atoms with Gasteiger partial charge in [0, 0.05) is 30.8 Å². The van der Waals surface area contributed by atoms with Crippen molar-refractivity contribution in [3.8, 4) is 5.82 Å². The zero-order valence-electron chi connectivity index (χ0n) is 15.8. The Bertz CT molecular complexity index is 826. The summed E-state index contributed by atoms with van der Waals surface area (Å²) in [7, 11) is 0. The third-order valence-corrected chi connectivity index (χ3v) is 4.64. The Morgan fingerprint density at radius 3 is 2.70 bits per heavy atom. The molecule has 2 aromatic heterocycles. The molecular formula is C19H25N5O3. The molecule has 0 bridgehead atoms. The van der Waals surface area contributed by atoms with E-state index in [2.05, 4.69) is 15.4 Å². The van der Waals surface area contributed by atoms with E-state index in [0.29, 0.717) is 31.0 Å². The molecule has 0 saturated carbocycles. The van der Waals surface area contributed by atoms with Gasteiger partial charge in [0.15, 0.2) is 5.82 Å². The summed E-state index contributed by atoms with van der Waals surface area (Å²) in [6, 6.07) is 7.00. The van der Waals surface area contributed by atoms with Crippen LogP contribution in [0.15, 0.2) is 30.5 Å². The number of carbonyl (C=O) groups is 2. The lowest BCUT2D eigenvalue weighted by atomic mass is 9.92. The molecule has 2 aromatic rings. The molecule has 8 nitrogen and oxygen atoms in total. The van der Waals surface area contributed by atoms with Gasteiger partial charge in [-0.2, -0.15) is 9.78 Å². The first-order chi connectivity index (χ1) is 12.8. The number of likely N-dealkylation sites (tertiary alicyclic amines) is 1. The van der Waals surface area contributed by atoms with E-state index in [9.17, 15) is 14.7 Å². The molecule has 0 spiro atoms.